The van der Waals surface area contributed by atoms with Crippen molar-refractivity contribution < 1.29 is 14.3 Å². The number of aromatic amines is 1. The van der Waals surface area contributed by atoms with Crippen molar-refractivity contribution in [2.45, 2.75) is 41.2 Å². The van der Waals surface area contributed by atoms with Crippen LogP contribution in [0.15, 0.2) is 18.2 Å². The van der Waals surface area contributed by atoms with Crippen LogP contribution in [-0.4, -0.2) is 41.8 Å². The summed E-state index contributed by atoms with van der Waals surface area (Å²) in [5.41, 5.74) is 5.98. The van der Waals surface area contributed by atoms with Crippen LogP contribution in [-0.2, 0) is 11.3 Å². The summed E-state index contributed by atoms with van der Waals surface area (Å²) in [6, 6.07) is 6.35. The smallest absolute Gasteiger partial charge is 0.355 e. The SMILES string of the molecule is CCOC(=O)c1[nH]c(C)c(C(=O)CN(C)Cc2ccc(C)cc2C)c1C. The van der Waals surface area contributed by atoms with E-state index >= 15 is 0 Å². The van der Waals surface area contributed by atoms with Crippen molar-refractivity contribution in [2.75, 3.05) is 20.2 Å². The first-order valence-electron chi connectivity index (χ1n) is 8.88. The van der Waals surface area contributed by atoms with Crippen LogP contribution in [0, 0.1) is 27.7 Å². The third-order valence-electron chi connectivity index (χ3n) is 4.55. The lowest BCUT2D eigenvalue weighted by molar-refractivity contribution is 0.0519. The summed E-state index contributed by atoms with van der Waals surface area (Å²) in [6.07, 6.45) is 0. The lowest BCUT2D eigenvalue weighted by atomic mass is 10.0. The van der Waals surface area contributed by atoms with Gasteiger partial charge in [0.1, 0.15) is 5.69 Å². The number of carbonyl (C=O) groups is 2. The van der Waals surface area contributed by atoms with Gasteiger partial charge in [-0.3, -0.25) is 9.69 Å². The Balaban J connectivity index is 2.13. The second kappa shape index (κ2) is 8.32. The predicted molar refractivity (Wildman–Crippen MR) is 103 cm³/mol. The average Bonchev–Trinajstić information content (AvgIpc) is 2.85. The van der Waals surface area contributed by atoms with Gasteiger partial charge in [-0.2, -0.15) is 0 Å². The molecule has 0 aliphatic heterocycles. The van der Waals surface area contributed by atoms with Gasteiger partial charge < -0.3 is 9.72 Å². The third-order valence-corrected chi connectivity index (χ3v) is 4.55. The highest BCUT2D eigenvalue weighted by atomic mass is 16.5. The van der Waals surface area contributed by atoms with Crippen molar-refractivity contribution in [3.05, 3.63) is 57.4 Å². The maximum atomic E-state index is 12.8. The highest BCUT2D eigenvalue weighted by Crippen LogP contribution is 2.20. The summed E-state index contributed by atoms with van der Waals surface area (Å²) in [7, 11) is 1.93. The number of hydrogen-bond donors (Lipinski definition) is 1. The quantitative estimate of drug-likeness (QED) is 0.606. The summed E-state index contributed by atoms with van der Waals surface area (Å²) < 4.78 is 5.05. The molecule has 0 bridgehead atoms. The van der Waals surface area contributed by atoms with Crippen LogP contribution in [0.4, 0.5) is 0 Å². The Hall–Kier alpha value is -2.40. The van der Waals surface area contributed by atoms with E-state index < -0.39 is 5.97 Å². The number of Topliss-reactive ketones (excluding diaryl/α,β-unsaturated/α-hetero) is 1. The number of hydrogen-bond acceptors (Lipinski definition) is 4. The highest BCUT2D eigenvalue weighted by Gasteiger charge is 2.23. The number of ether oxygens (including phenoxy) is 1. The van der Waals surface area contributed by atoms with E-state index in [9.17, 15) is 9.59 Å². The first-order valence-corrected chi connectivity index (χ1v) is 8.88. The number of esters is 1. The van der Waals surface area contributed by atoms with Gasteiger partial charge in [-0.25, -0.2) is 4.79 Å². The minimum atomic E-state index is -0.421. The van der Waals surface area contributed by atoms with Crippen LogP contribution >= 0.6 is 0 Å². The predicted octanol–water partition coefficient (Wildman–Crippen LogP) is 3.74. The molecule has 0 amide bonds. The second-order valence-electron chi connectivity index (χ2n) is 6.87. The van der Waals surface area contributed by atoms with Gasteiger partial charge >= 0.3 is 5.97 Å². The highest BCUT2D eigenvalue weighted by molar-refractivity contribution is 6.03. The Morgan fingerprint density at radius 1 is 1.15 bits per heavy atom. The number of likely N-dealkylation sites (N-methyl/N-ethyl adjacent to an activating group) is 1. The van der Waals surface area contributed by atoms with Crippen LogP contribution < -0.4 is 0 Å². The molecular weight excluding hydrogens is 328 g/mol. The van der Waals surface area contributed by atoms with Gasteiger partial charge in [-0.05, 0) is 58.4 Å². The Morgan fingerprint density at radius 2 is 1.85 bits per heavy atom. The van der Waals surface area contributed by atoms with Gasteiger partial charge in [0.25, 0.3) is 0 Å². The molecule has 2 rings (SSSR count). The maximum absolute atomic E-state index is 12.8. The van der Waals surface area contributed by atoms with Crippen molar-refractivity contribution in [1.29, 1.82) is 0 Å². The number of nitrogens with one attached hydrogen (secondary N) is 1. The number of H-pyrrole nitrogens is 1. The summed E-state index contributed by atoms with van der Waals surface area (Å²) in [4.78, 5) is 29.8. The molecule has 5 heteroatoms. The molecule has 2 aromatic rings. The molecule has 0 aliphatic rings. The number of nitrogens with zero attached hydrogens (tertiary/aromatic N) is 1. The number of ketones is 1. The third kappa shape index (κ3) is 4.41. The molecule has 140 valence electrons. The number of carbonyl (C=O) groups excluding carboxylic acids is 2. The van der Waals surface area contributed by atoms with Crippen molar-refractivity contribution in [3.8, 4) is 0 Å². The van der Waals surface area contributed by atoms with Crippen molar-refractivity contribution in [1.82, 2.24) is 9.88 Å². The van der Waals surface area contributed by atoms with Crippen LogP contribution in [0.5, 0.6) is 0 Å². The summed E-state index contributed by atoms with van der Waals surface area (Å²) in [6.45, 7) is 10.8. The molecule has 1 aromatic carbocycles. The second-order valence-corrected chi connectivity index (χ2v) is 6.87. The van der Waals surface area contributed by atoms with Gasteiger partial charge in [-0.1, -0.05) is 23.8 Å². The van der Waals surface area contributed by atoms with E-state index in [2.05, 4.69) is 37.0 Å². The largest absolute Gasteiger partial charge is 0.461 e. The van der Waals surface area contributed by atoms with E-state index in [0.717, 1.165) is 0 Å². The minimum absolute atomic E-state index is 0.000867. The number of aromatic nitrogens is 1. The van der Waals surface area contributed by atoms with Gasteiger partial charge in [-0.15, -0.1) is 0 Å². The number of benzene rings is 1. The Labute approximate surface area is 155 Å². The molecule has 1 N–H and O–H groups in total. The zero-order chi connectivity index (χ0) is 19.4. The van der Waals surface area contributed by atoms with Crippen molar-refractivity contribution >= 4 is 11.8 Å². The molecule has 1 heterocycles. The fourth-order valence-corrected chi connectivity index (χ4v) is 3.27. The maximum Gasteiger partial charge on any atom is 0.355 e. The van der Waals surface area contributed by atoms with Crippen LogP contribution in [0.25, 0.3) is 0 Å². The fourth-order valence-electron chi connectivity index (χ4n) is 3.27. The summed E-state index contributed by atoms with van der Waals surface area (Å²) in [5.74, 6) is -0.421. The van der Waals surface area contributed by atoms with Gasteiger partial charge in [0.2, 0.25) is 0 Å². The Bertz CT molecular complexity index is 821. The minimum Gasteiger partial charge on any atom is -0.461 e. The molecule has 0 saturated heterocycles. The molecular formula is C21H28N2O3. The molecule has 0 unspecified atom stereocenters. The topological polar surface area (TPSA) is 62.4 Å². The van der Waals surface area contributed by atoms with Gasteiger partial charge in [0, 0.05) is 17.8 Å². The van der Waals surface area contributed by atoms with E-state index in [1.807, 2.05) is 18.9 Å². The number of rotatable bonds is 7. The van der Waals surface area contributed by atoms with E-state index in [1.54, 1.807) is 13.8 Å². The van der Waals surface area contributed by atoms with Gasteiger partial charge in [0.15, 0.2) is 5.78 Å². The van der Waals surface area contributed by atoms with E-state index in [0.29, 0.717) is 35.7 Å². The zero-order valence-corrected chi connectivity index (χ0v) is 16.5. The molecule has 0 saturated carbocycles. The first-order chi connectivity index (χ1) is 12.2. The van der Waals surface area contributed by atoms with E-state index in [-0.39, 0.29) is 12.3 Å². The zero-order valence-electron chi connectivity index (χ0n) is 16.5. The molecule has 0 spiro atoms. The molecule has 1 aromatic heterocycles. The average molecular weight is 356 g/mol. The molecule has 0 fully saturated rings. The van der Waals surface area contributed by atoms with Crippen LogP contribution in [0.1, 0.15) is 55.7 Å². The molecule has 26 heavy (non-hydrogen) atoms. The summed E-state index contributed by atoms with van der Waals surface area (Å²) >= 11 is 0. The van der Waals surface area contributed by atoms with Crippen molar-refractivity contribution in [3.63, 3.8) is 0 Å². The lowest BCUT2D eigenvalue weighted by Gasteiger charge is -2.18. The summed E-state index contributed by atoms with van der Waals surface area (Å²) in [5, 5.41) is 0. The van der Waals surface area contributed by atoms with Gasteiger partial charge in [0.05, 0.1) is 13.2 Å². The first kappa shape index (κ1) is 19.9. The van der Waals surface area contributed by atoms with Crippen LogP contribution in [0.2, 0.25) is 0 Å². The molecule has 5 nitrogen and oxygen atoms in total. The van der Waals surface area contributed by atoms with E-state index in [4.69, 9.17) is 4.74 Å². The molecule has 0 radical (unpaired) electrons. The lowest BCUT2D eigenvalue weighted by Crippen LogP contribution is -2.26. The van der Waals surface area contributed by atoms with Crippen molar-refractivity contribution in [2.24, 2.45) is 0 Å². The normalized spacial score (nSPS) is 11.0. The Morgan fingerprint density at radius 3 is 2.46 bits per heavy atom. The molecule has 0 atom stereocenters. The van der Waals surface area contributed by atoms with Crippen LogP contribution in [0.3, 0.4) is 0 Å². The fraction of sp³-hybridized carbons (Fsp3) is 0.429. The number of aryl methyl sites for hydroxylation is 3. The Kier molecular flexibility index (Phi) is 6.37. The van der Waals surface area contributed by atoms with E-state index in [1.165, 1.54) is 16.7 Å². The monoisotopic (exact) mass is 356 g/mol. The standard InChI is InChI=1S/C21H28N2O3/c1-7-26-21(25)20-15(4)19(16(5)22-20)18(24)12-23(6)11-17-9-8-13(2)10-14(17)3/h8-10,22H,7,11-12H2,1-6H3. The molecule has 0 aliphatic carbocycles.